The minimum atomic E-state index is -0.448. The summed E-state index contributed by atoms with van der Waals surface area (Å²) in [5.74, 6) is 6.55. The summed E-state index contributed by atoms with van der Waals surface area (Å²) in [6, 6.07) is 6.63. The monoisotopic (exact) mass is 598 g/mol. The van der Waals surface area contributed by atoms with E-state index < -0.39 is 5.91 Å². The molecule has 3 N–H and O–H groups in total. The highest BCUT2D eigenvalue weighted by atomic mass is 35.5. The molecule has 5 aromatic heterocycles. The highest BCUT2D eigenvalue weighted by Crippen LogP contribution is 2.24. The van der Waals surface area contributed by atoms with Gasteiger partial charge in [-0.05, 0) is 12.1 Å². The lowest BCUT2D eigenvalue weighted by atomic mass is 10.2. The number of methoxy groups -OCH3 is 2. The van der Waals surface area contributed by atoms with E-state index in [2.05, 4.69) is 40.3 Å². The third-order valence-corrected chi connectivity index (χ3v) is 5.15. The van der Waals surface area contributed by atoms with Gasteiger partial charge >= 0.3 is 0 Å². The molecule has 1 amide bonds. The molecular formula is C23H20Cl2N12O4. The minimum Gasteiger partial charge on any atom is -0.481 e. The molecule has 0 aliphatic carbocycles. The minimum absolute atomic E-state index is 0.272. The molecule has 0 saturated carbocycles. The maximum absolute atomic E-state index is 11.0. The second-order valence-corrected chi connectivity index (χ2v) is 8.23. The predicted molar refractivity (Wildman–Crippen MR) is 147 cm³/mol. The number of aromatic nitrogens is 10. The Bertz CT molecular complexity index is 1670. The topological polar surface area (TPSA) is 200 Å². The van der Waals surface area contributed by atoms with E-state index in [0.717, 1.165) is 0 Å². The van der Waals surface area contributed by atoms with Crippen LogP contribution in [-0.2, 0) is 4.79 Å². The van der Waals surface area contributed by atoms with E-state index in [-0.39, 0.29) is 5.15 Å². The first kappa shape index (κ1) is 28.8. The zero-order valence-corrected chi connectivity index (χ0v) is 22.8. The van der Waals surface area contributed by atoms with Crippen LogP contribution in [0.25, 0.3) is 41.3 Å². The number of carbonyl (C=O) groups excluding carboxylic acids is 1. The second kappa shape index (κ2) is 13.7. The number of halogens is 2. The Hall–Kier alpha value is -5.19. The molecule has 0 spiro atoms. The molecular weight excluding hydrogens is 579 g/mol. The van der Waals surface area contributed by atoms with Gasteiger partial charge < -0.3 is 13.9 Å². The Balaban J connectivity index is 0.000000189. The normalized spacial score (nSPS) is 11.0. The second-order valence-electron chi connectivity index (χ2n) is 7.46. The van der Waals surface area contributed by atoms with Gasteiger partial charge in [0.25, 0.3) is 5.91 Å². The van der Waals surface area contributed by atoms with E-state index in [1.807, 2.05) is 5.43 Å². The summed E-state index contributed by atoms with van der Waals surface area (Å²) in [6.45, 7) is 0. The summed E-state index contributed by atoms with van der Waals surface area (Å²) in [5.41, 5.74) is 3.32. The van der Waals surface area contributed by atoms with Crippen molar-refractivity contribution in [1.29, 1.82) is 0 Å². The highest BCUT2D eigenvalue weighted by Gasteiger charge is 2.09. The van der Waals surface area contributed by atoms with Crippen molar-refractivity contribution < 1.29 is 18.7 Å². The molecule has 210 valence electrons. The SMILES string of the molecule is COc1cc(-c2ncn(/C=C\C(=O)NN)n2)cc(Cl)n1.COc1cc(-c2ncn(/C=C\c3nnco3)n2)cc(Cl)n1. The van der Waals surface area contributed by atoms with Crippen molar-refractivity contribution in [3.8, 4) is 34.5 Å². The number of carbonyl (C=O) groups is 1. The van der Waals surface area contributed by atoms with Gasteiger partial charge in [-0.1, -0.05) is 23.2 Å². The summed E-state index contributed by atoms with van der Waals surface area (Å²) in [6.07, 6.45) is 10.1. The lowest BCUT2D eigenvalue weighted by Crippen LogP contribution is -2.28. The highest BCUT2D eigenvalue weighted by molar-refractivity contribution is 6.30. The lowest BCUT2D eigenvalue weighted by molar-refractivity contribution is -0.116. The van der Waals surface area contributed by atoms with Crippen LogP contribution in [0.4, 0.5) is 0 Å². The maximum atomic E-state index is 11.0. The quantitative estimate of drug-likeness (QED) is 0.0867. The Morgan fingerprint density at radius 2 is 1.49 bits per heavy atom. The van der Waals surface area contributed by atoms with Crippen LogP contribution in [0.2, 0.25) is 10.3 Å². The van der Waals surface area contributed by atoms with E-state index in [1.165, 1.54) is 48.6 Å². The van der Waals surface area contributed by atoms with E-state index in [4.69, 9.17) is 42.9 Å². The molecule has 0 fully saturated rings. The molecule has 16 nitrogen and oxygen atoms in total. The van der Waals surface area contributed by atoms with Crippen molar-refractivity contribution in [2.24, 2.45) is 5.84 Å². The average molecular weight is 599 g/mol. The number of hydrogen-bond acceptors (Lipinski definition) is 13. The van der Waals surface area contributed by atoms with Crippen LogP contribution in [0.3, 0.4) is 0 Å². The van der Waals surface area contributed by atoms with Crippen LogP contribution in [0, 0.1) is 0 Å². The lowest BCUT2D eigenvalue weighted by Gasteiger charge is -2.01. The van der Waals surface area contributed by atoms with Gasteiger partial charge in [0.15, 0.2) is 11.6 Å². The van der Waals surface area contributed by atoms with Crippen LogP contribution >= 0.6 is 23.2 Å². The fraction of sp³-hybridized carbons (Fsp3) is 0.0870. The third-order valence-electron chi connectivity index (χ3n) is 4.76. The van der Waals surface area contributed by atoms with Crippen LogP contribution < -0.4 is 20.7 Å². The van der Waals surface area contributed by atoms with E-state index in [0.29, 0.717) is 45.6 Å². The number of nitrogens with zero attached hydrogens (tertiary/aromatic N) is 10. The number of pyridine rings is 2. The Morgan fingerprint density at radius 1 is 0.927 bits per heavy atom. The Labute approximate surface area is 241 Å². The van der Waals surface area contributed by atoms with Crippen molar-refractivity contribution in [3.63, 3.8) is 0 Å². The fourth-order valence-corrected chi connectivity index (χ4v) is 3.36. The largest absolute Gasteiger partial charge is 0.481 e. The van der Waals surface area contributed by atoms with E-state index >= 15 is 0 Å². The van der Waals surface area contributed by atoms with E-state index in [1.54, 1.807) is 42.9 Å². The van der Waals surface area contributed by atoms with Crippen LogP contribution in [-0.4, -0.2) is 69.8 Å². The van der Waals surface area contributed by atoms with E-state index in [9.17, 15) is 4.79 Å². The smallest absolute Gasteiger partial charge is 0.259 e. The maximum Gasteiger partial charge on any atom is 0.259 e. The Kier molecular flexibility index (Phi) is 9.66. The summed E-state index contributed by atoms with van der Waals surface area (Å²) >= 11 is 11.8. The molecule has 0 aliphatic rings. The number of hydrazine groups is 1. The average Bonchev–Trinajstić information content (AvgIpc) is 3.77. The molecule has 0 radical (unpaired) electrons. The first-order chi connectivity index (χ1) is 19.9. The first-order valence-electron chi connectivity index (χ1n) is 11.3. The number of nitrogens with two attached hydrogens (primary N) is 1. The molecule has 0 aliphatic heterocycles. The molecule has 5 rings (SSSR count). The molecule has 0 aromatic carbocycles. The van der Waals surface area contributed by atoms with Crippen LogP contribution in [0.15, 0.2) is 53.8 Å². The third kappa shape index (κ3) is 8.15. The molecule has 18 heteroatoms. The molecule has 41 heavy (non-hydrogen) atoms. The van der Waals surface area contributed by atoms with Gasteiger partial charge in [-0.2, -0.15) is 0 Å². The molecule has 0 saturated heterocycles. The van der Waals surface area contributed by atoms with Crippen molar-refractivity contribution in [2.75, 3.05) is 14.2 Å². The molecule has 5 aromatic rings. The molecule has 0 atom stereocenters. The summed E-state index contributed by atoms with van der Waals surface area (Å²) in [7, 11) is 3.00. The van der Waals surface area contributed by atoms with Gasteiger partial charge in [0, 0.05) is 47.8 Å². The number of nitrogens with one attached hydrogen (secondary N) is 1. The summed E-state index contributed by atoms with van der Waals surface area (Å²) < 4.78 is 17.9. The van der Waals surface area contributed by atoms with Gasteiger partial charge in [-0.25, -0.2) is 35.1 Å². The molecule has 0 bridgehead atoms. The zero-order chi connectivity index (χ0) is 29.2. The fourth-order valence-electron chi connectivity index (χ4n) is 2.96. The predicted octanol–water partition coefficient (Wildman–Crippen LogP) is 2.48. The summed E-state index contributed by atoms with van der Waals surface area (Å²) in [4.78, 5) is 27.2. The summed E-state index contributed by atoms with van der Waals surface area (Å²) in [5, 5.41) is 16.3. The number of amides is 1. The van der Waals surface area contributed by atoms with Crippen LogP contribution in [0.5, 0.6) is 11.8 Å². The van der Waals surface area contributed by atoms with Crippen LogP contribution in [0.1, 0.15) is 5.89 Å². The standard InChI is InChI=1S/C12H9ClN6O2.C11H11ClN6O2/c1-20-11-5-8(4-9(13)16-11)12-14-6-19(18-12)3-2-10-17-15-7-21-10;1-20-10-5-7(4-8(12)15-10)11-14-6-18(17-11)3-2-9(19)16-13/h2-7H,1H3;2-6H,13H2,1H3,(H,16,19)/b2*3-2-. The van der Waals surface area contributed by atoms with Gasteiger partial charge in [0.05, 0.1) is 14.2 Å². The molecule has 5 heterocycles. The van der Waals surface area contributed by atoms with Gasteiger partial charge in [0.1, 0.15) is 23.0 Å². The van der Waals surface area contributed by atoms with Gasteiger partial charge in [-0.3, -0.25) is 10.2 Å². The van der Waals surface area contributed by atoms with Crippen molar-refractivity contribution >= 4 is 47.6 Å². The van der Waals surface area contributed by atoms with Crippen molar-refractivity contribution in [1.82, 2.24) is 55.1 Å². The number of hydrogen-bond donors (Lipinski definition) is 2. The van der Waals surface area contributed by atoms with Gasteiger partial charge in [0.2, 0.25) is 24.0 Å². The van der Waals surface area contributed by atoms with Crippen molar-refractivity contribution in [2.45, 2.75) is 0 Å². The van der Waals surface area contributed by atoms with Crippen molar-refractivity contribution in [3.05, 3.63) is 65.6 Å². The number of ether oxygens (including phenoxy) is 2. The molecule has 0 unspecified atom stereocenters. The van der Waals surface area contributed by atoms with Gasteiger partial charge in [-0.15, -0.1) is 20.4 Å². The number of rotatable bonds is 8. The first-order valence-corrected chi connectivity index (χ1v) is 12.0. The zero-order valence-electron chi connectivity index (χ0n) is 21.3. The Morgan fingerprint density at radius 3 is 1.98 bits per heavy atom.